The van der Waals surface area contributed by atoms with Gasteiger partial charge in [-0.2, -0.15) is 0 Å². The van der Waals surface area contributed by atoms with Crippen LogP contribution < -0.4 is 0 Å². The Labute approximate surface area is 103 Å². The molecule has 16 heavy (non-hydrogen) atoms. The van der Waals surface area contributed by atoms with Crippen LogP contribution in [-0.2, 0) is 4.79 Å². The van der Waals surface area contributed by atoms with Gasteiger partial charge in [-0.05, 0) is 31.1 Å². The Kier molecular flexibility index (Phi) is 8.60. The van der Waals surface area contributed by atoms with E-state index in [1.54, 1.807) is 0 Å². The molecule has 0 heterocycles. The number of Topliss-reactive ketones (excluding diaryl/α,β-unsaturated/α-hetero) is 1. The number of ketones is 1. The SMILES string of the molecule is CCCCCC(C)(C)CCCC(=O)CCC.[HH]. The fourth-order valence-corrected chi connectivity index (χ4v) is 2.15. The topological polar surface area (TPSA) is 17.1 Å². The predicted molar refractivity (Wildman–Crippen MR) is 73.8 cm³/mol. The molecule has 0 N–H and O–H groups in total. The van der Waals surface area contributed by atoms with E-state index in [-0.39, 0.29) is 1.43 Å². The average Bonchev–Trinajstić information content (AvgIpc) is 2.18. The molecule has 0 spiro atoms. The van der Waals surface area contributed by atoms with E-state index in [9.17, 15) is 4.79 Å². The van der Waals surface area contributed by atoms with Gasteiger partial charge in [0.25, 0.3) is 0 Å². The van der Waals surface area contributed by atoms with Crippen molar-refractivity contribution in [3.63, 3.8) is 0 Å². The summed E-state index contributed by atoms with van der Waals surface area (Å²) >= 11 is 0. The largest absolute Gasteiger partial charge is 0.300 e. The molecule has 0 aliphatic heterocycles. The van der Waals surface area contributed by atoms with Crippen molar-refractivity contribution in [2.75, 3.05) is 0 Å². The van der Waals surface area contributed by atoms with Crippen LogP contribution in [0, 0.1) is 5.41 Å². The third kappa shape index (κ3) is 8.94. The fraction of sp³-hybridized carbons (Fsp3) is 0.933. The monoisotopic (exact) mass is 228 g/mol. The third-order valence-electron chi connectivity index (χ3n) is 3.30. The van der Waals surface area contributed by atoms with Gasteiger partial charge in [-0.25, -0.2) is 0 Å². The molecule has 1 heteroatoms. The summed E-state index contributed by atoms with van der Waals surface area (Å²) in [6.45, 7) is 9.00. The van der Waals surface area contributed by atoms with Crippen LogP contribution in [0.15, 0.2) is 0 Å². The van der Waals surface area contributed by atoms with Gasteiger partial charge in [0.05, 0.1) is 0 Å². The summed E-state index contributed by atoms with van der Waals surface area (Å²) < 4.78 is 0. The first kappa shape index (κ1) is 15.7. The molecule has 0 saturated heterocycles. The molecule has 0 aromatic carbocycles. The first-order valence-corrected chi connectivity index (χ1v) is 7.03. The third-order valence-corrected chi connectivity index (χ3v) is 3.30. The summed E-state index contributed by atoms with van der Waals surface area (Å²) in [4.78, 5) is 11.4. The summed E-state index contributed by atoms with van der Waals surface area (Å²) in [6, 6.07) is 0. The lowest BCUT2D eigenvalue weighted by Gasteiger charge is -2.24. The zero-order valence-electron chi connectivity index (χ0n) is 11.8. The van der Waals surface area contributed by atoms with Gasteiger partial charge in [0.1, 0.15) is 5.78 Å². The van der Waals surface area contributed by atoms with Crippen LogP contribution in [0.5, 0.6) is 0 Å². The smallest absolute Gasteiger partial charge is 0.132 e. The van der Waals surface area contributed by atoms with Crippen molar-refractivity contribution in [1.29, 1.82) is 0 Å². The van der Waals surface area contributed by atoms with Crippen molar-refractivity contribution >= 4 is 5.78 Å². The van der Waals surface area contributed by atoms with Gasteiger partial charge in [0.15, 0.2) is 0 Å². The number of carbonyl (C=O) groups excluding carboxylic acids is 1. The zero-order chi connectivity index (χ0) is 12.4. The normalized spacial score (nSPS) is 11.8. The minimum atomic E-state index is 0. The van der Waals surface area contributed by atoms with E-state index in [1.807, 2.05) is 0 Å². The van der Waals surface area contributed by atoms with Crippen LogP contribution in [0.1, 0.15) is 86.9 Å². The molecule has 0 radical (unpaired) electrons. The Bertz CT molecular complexity index is 187. The zero-order valence-corrected chi connectivity index (χ0v) is 11.8. The van der Waals surface area contributed by atoms with Crippen LogP contribution >= 0.6 is 0 Å². The maximum Gasteiger partial charge on any atom is 0.132 e. The molecule has 0 fully saturated rings. The van der Waals surface area contributed by atoms with Gasteiger partial charge in [-0.3, -0.25) is 4.79 Å². The van der Waals surface area contributed by atoms with E-state index < -0.39 is 0 Å². The first-order valence-electron chi connectivity index (χ1n) is 7.03. The van der Waals surface area contributed by atoms with Crippen molar-refractivity contribution < 1.29 is 6.22 Å². The quantitative estimate of drug-likeness (QED) is 0.459. The Balaban J connectivity index is 0. The molecule has 0 bridgehead atoms. The first-order chi connectivity index (χ1) is 7.52. The van der Waals surface area contributed by atoms with Crippen molar-refractivity contribution in [3.05, 3.63) is 0 Å². The highest BCUT2D eigenvalue weighted by Crippen LogP contribution is 2.29. The van der Waals surface area contributed by atoms with Crippen molar-refractivity contribution in [1.82, 2.24) is 0 Å². The Hall–Kier alpha value is -0.330. The number of rotatable bonds is 10. The molecule has 0 aliphatic carbocycles. The molecular formula is C15H32O. The van der Waals surface area contributed by atoms with Crippen LogP contribution in [0.3, 0.4) is 0 Å². The molecule has 98 valence electrons. The number of carbonyl (C=O) groups is 1. The second-order valence-electron chi connectivity index (χ2n) is 5.76. The van der Waals surface area contributed by atoms with E-state index in [4.69, 9.17) is 0 Å². The molecular weight excluding hydrogens is 196 g/mol. The highest BCUT2D eigenvalue weighted by atomic mass is 16.1. The summed E-state index contributed by atoms with van der Waals surface area (Å²) in [5.74, 6) is 0.451. The molecule has 0 atom stereocenters. The summed E-state index contributed by atoms with van der Waals surface area (Å²) in [6.07, 6.45) is 10.1. The fourth-order valence-electron chi connectivity index (χ4n) is 2.15. The highest BCUT2D eigenvalue weighted by molar-refractivity contribution is 5.78. The highest BCUT2D eigenvalue weighted by Gasteiger charge is 2.17. The van der Waals surface area contributed by atoms with Crippen LogP contribution in [0.4, 0.5) is 0 Å². The standard InChI is InChI=1S/C15H30O.H2/c1-5-7-8-12-15(3,4)13-9-11-14(16)10-6-2;/h5-13H2,1-4H3;1H. The molecule has 0 rings (SSSR count). The Morgan fingerprint density at radius 1 is 0.938 bits per heavy atom. The van der Waals surface area contributed by atoms with Crippen molar-refractivity contribution in [2.45, 2.75) is 85.5 Å². The van der Waals surface area contributed by atoms with Crippen LogP contribution in [-0.4, -0.2) is 5.78 Å². The summed E-state index contributed by atoms with van der Waals surface area (Å²) in [5, 5.41) is 0. The number of hydrogen-bond donors (Lipinski definition) is 0. The van der Waals surface area contributed by atoms with Gasteiger partial charge in [0, 0.05) is 14.3 Å². The molecule has 0 unspecified atom stereocenters. The number of hydrogen-bond acceptors (Lipinski definition) is 1. The maximum atomic E-state index is 11.4. The van der Waals surface area contributed by atoms with Gasteiger partial charge in [-0.1, -0.05) is 47.0 Å². The second-order valence-corrected chi connectivity index (χ2v) is 5.76. The van der Waals surface area contributed by atoms with Crippen molar-refractivity contribution in [3.8, 4) is 0 Å². The van der Waals surface area contributed by atoms with Gasteiger partial charge in [-0.15, -0.1) is 0 Å². The van der Waals surface area contributed by atoms with E-state index >= 15 is 0 Å². The van der Waals surface area contributed by atoms with Crippen molar-refractivity contribution in [2.24, 2.45) is 5.41 Å². The van der Waals surface area contributed by atoms with E-state index in [0.29, 0.717) is 11.2 Å². The summed E-state index contributed by atoms with van der Waals surface area (Å²) in [7, 11) is 0. The van der Waals surface area contributed by atoms with Crippen LogP contribution in [0.25, 0.3) is 0 Å². The lowest BCUT2D eigenvalue weighted by atomic mass is 9.82. The molecule has 0 aliphatic rings. The molecule has 0 aromatic rings. The second kappa shape index (κ2) is 8.78. The number of unbranched alkanes of at least 4 members (excludes halogenated alkanes) is 2. The molecule has 0 amide bonds. The Morgan fingerprint density at radius 3 is 2.12 bits per heavy atom. The summed E-state index contributed by atoms with van der Waals surface area (Å²) in [5.41, 5.74) is 0.432. The van der Waals surface area contributed by atoms with E-state index in [0.717, 1.165) is 25.7 Å². The lowest BCUT2D eigenvalue weighted by molar-refractivity contribution is -0.119. The lowest BCUT2D eigenvalue weighted by Crippen LogP contribution is -2.12. The minimum Gasteiger partial charge on any atom is -0.300 e. The van der Waals surface area contributed by atoms with Gasteiger partial charge >= 0.3 is 0 Å². The molecule has 0 aromatic heterocycles. The van der Waals surface area contributed by atoms with Gasteiger partial charge < -0.3 is 0 Å². The minimum absolute atomic E-state index is 0. The Morgan fingerprint density at radius 2 is 1.56 bits per heavy atom. The van der Waals surface area contributed by atoms with Gasteiger partial charge in [0.2, 0.25) is 0 Å². The van der Waals surface area contributed by atoms with E-state index in [2.05, 4.69) is 27.7 Å². The molecule has 0 saturated carbocycles. The van der Waals surface area contributed by atoms with Crippen LogP contribution in [0.2, 0.25) is 0 Å². The predicted octanol–water partition coefficient (Wildman–Crippen LogP) is 5.38. The average molecular weight is 228 g/mol. The van der Waals surface area contributed by atoms with E-state index in [1.165, 1.54) is 32.1 Å². The maximum absolute atomic E-state index is 11.4. The molecule has 1 nitrogen and oxygen atoms in total.